The van der Waals surface area contributed by atoms with E-state index in [2.05, 4.69) is 25.5 Å². The lowest BCUT2D eigenvalue weighted by Gasteiger charge is -2.03. The Hall–Kier alpha value is -3.00. The molecule has 0 aliphatic heterocycles. The Balaban J connectivity index is 1.18. The number of carbonyl (C=O) groups excluding carboxylic acids is 1. The number of amides is 1. The summed E-state index contributed by atoms with van der Waals surface area (Å²) >= 11 is 1.57. The smallest absolute Gasteiger partial charge is 0.248 e. The summed E-state index contributed by atoms with van der Waals surface area (Å²) in [6.45, 7) is 0.611. The molecule has 0 radical (unpaired) electrons. The molecule has 3 heterocycles. The van der Waals surface area contributed by atoms with Crippen LogP contribution >= 0.6 is 11.3 Å². The summed E-state index contributed by atoms with van der Waals surface area (Å²) in [4.78, 5) is 19.8. The molecule has 0 spiro atoms. The Kier molecular flexibility index (Phi) is 5.24. The van der Waals surface area contributed by atoms with E-state index in [-0.39, 0.29) is 5.91 Å². The number of nitrogens with one attached hydrogen (secondary N) is 2. The molecule has 4 aromatic rings. The van der Waals surface area contributed by atoms with Crippen molar-refractivity contribution in [2.45, 2.75) is 25.7 Å². The van der Waals surface area contributed by atoms with Gasteiger partial charge in [0.25, 0.3) is 0 Å². The molecule has 0 atom stereocenters. The zero-order valence-corrected chi connectivity index (χ0v) is 15.5. The van der Waals surface area contributed by atoms with E-state index in [0.29, 0.717) is 31.2 Å². The summed E-state index contributed by atoms with van der Waals surface area (Å²) in [6.07, 6.45) is 2.39. The maximum Gasteiger partial charge on any atom is 0.248 e. The molecule has 8 heteroatoms. The number of aryl methyl sites for hydroxylation is 2. The molecule has 4 rings (SSSR count). The largest absolute Gasteiger partial charge is 0.421 e. The number of hydrogen-bond acceptors (Lipinski definition) is 6. The van der Waals surface area contributed by atoms with Crippen molar-refractivity contribution in [1.82, 2.24) is 25.5 Å². The normalized spacial score (nSPS) is 11.1. The topological polar surface area (TPSA) is 96.7 Å². The van der Waals surface area contributed by atoms with Crippen molar-refractivity contribution >= 4 is 28.3 Å². The number of H-pyrrole nitrogens is 1. The first-order valence-electron chi connectivity index (χ1n) is 8.83. The van der Waals surface area contributed by atoms with Gasteiger partial charge in [0.2, 0.25) is 17.7 Å². The average molecular weight is 381 g/mol. The highest BCUT2D eigenvalue weighted by Crippen LogP contribution is 2.20. The van der Waals surface area contributed by atoms with E-state index in [9.17, 15) is 4.79 Å². The standard InChI is InChI=1S/C19H19N5O2S/c25-17(7-8-18-23-24-19(26-18)13-9-11-27-12-13)20-10-3-6-16-21-14-4-1-2-5-15(14)22-16/h1-2,4-5,9,11-12H,3,6-8,10H2,(H,20,25)(H,21,22). The fourth-order valence-electron chi connectivity index (χ4n) is 2.77. The highest BCUT2D eigenvalue weighted by molar-refractivity contribution is 7.08. The van der Waals surface area contributed by atoms with Crippen molar-refractivity contribution in [2.24, 2.45) is 0 Å². The fraction of sp³-hybridized carbons (Fsp3) is 0.263. The van der Waals surface area contributed by atoms with E-state index < -0.39 is 0 Å². The molecule has 2 N–H and O–H groups in total. The second-order valence-corrected chi connectivity index (χ2v) is 6.95. The predicted molar refractivity (Wildman–Crippen MR) is 103 cm³/mol. The quantitative estimate of drug-likeness (QED) is 0.456. The number of aromatic amines is 1. The van der Waals surface area contributed by atoms with Gasteiger partial charge in [-0.05, 0) is 30.0 Å². The van der Waals surface area contributed by atoms with Crippen LogP contribution in [0.15, 0.2) is 45.5 Å². The maximum absolute atomic E-state index is 12.0. The number of aromatic nitrogens is 4. The van der Waals surface area contributed by atoms with Gasteiger partial charge in [0.1, 0.15) is 5.82 Å². The Morgan fingerprint density at radius 1 is 1.19 bits per heavy atom. The lowest BCUT2D eigenvalue weighted by Crippen LogP contribution is -2.25. The lowest BCUT2D eigenvalue weighted by atomic mass is 10.2. The van der Waals surface area contributed by atoms with Crippen molar-refractivity contribution in [3.05, 3.63) is 52.8 Å². The molecule has 0 unspecified atom stereocenters. The van der Waals surface area contributed by atoms with Crippen LogP contribution in [0.3, 0.4) is 0 Å². The number of rotatable bonds is 8. The Morgan fingerprint density at radius 3 is 2.96 bits per heavy atom. The van der Waals surface area contributed by atoms with E-state index in [4.69, 9.17) is 4.42 Å². The number of fused-ring (bicyclic) bond motifs is 1. The molecule has 1 aromatic carbocycles. The van der Waals surface area contributed by atoms with Crippen molar-refractivity contribution in [3.63, 3.8) is 0 Å². The van der Waals surface area contributed by atoms with Crippen LogP contribution in [-0.2, 0) is 17.6 Å². The summed E-state index contributed by atoms with van der Waals surface area (Å²) in [5.74, 6) is 1.90. The molecule has 0 fully saturated rings. The van der Waals surface area contributed by atoms with Gasteiger partial charge in [-0.3, -0.25) is 4.79 Å². The minimum Gasteiger partial charge on any atom is -0.421 e. The van der Waals surface area contributed by atoms with Gasteiger partial charge in [0.15, 0.2) is 0 Å². The van der Waals surface area contributed by atoms with E-state index in [0.717, 1.165) is 35.3 Å². The van der Waals surface area contributed by atoms with Crippen LogP contribution in [0.5, 0.6) is 0 Å². The molecule has 0 aliphatic rings. The van der Waals surface area contributed by atoms with Crippen LogP contribution in [0.4, 0.5) is 0 Å². The first-order chi connectivity index (χ1) is 13.3. The van der Waals surface area contributed by atoms with Gasteiger partial charge in [-0.2, -0.15) is 11.3 Å². The minimum atomic E-state index is -0.0186. The molecule has 0 saturated carbocycles. The molecule has 3 aromatic heterocycles. The molecule has 27 heavy (non-hydrogen) atoms. The number of para-hydroxylation sites is 2. The Morgan fingerprint density at radius 2 is 2.11 bits per heavy atom. The summed E-state index contributed by atoms with van der Waals surface area (Å²) in [5.41, 5.74) is 2.92. The highest BCUT2D eigenvalue weighted by atomic mass is 32.1. The second-order valence-electron chi connectivity index (χ2n) is 6.17. The second kappa shape index (κ2) is 8.13. The molecular weight excluding hydrogens is 362 g/mol. The van der Waals surface area contributed by atoms with Gasteiger partial charge in [-0.1, -0.05) is 12.1 Å². The first kappa shape index (κ1) is 17.4. The molecular formula is C19H19N5O2S. The number of carbonyl (C=O) groups is 1. The van der Waals surface area contributed by atoms with E-state index in [1.807, 2.05) is 41.1 Å². The van der Waals surface area contributed by atoms with Crippen LogP contribution in [0, 0.1) is 0 Å². The summed E-state index contributed by atoms with van der Waals surface area (Å²) in [7, 11) is 0. The SMILES string of the molecule is O=C(CCc1nnc(-c2ccsc2)o1)NCCCc1nc2ccccc2[nH]1. The molecule has 0 aliphatic carbocycles. The zero-order chi connectivity index (χ0) is 18.5. The van der Waals surface area contributed by atoms with Gasteiger partial charge < -0.3 is 14.7 Å². The third-order valence-corrected chi connectivity index (χ3v) is 4.84. The summed E-state index contributed by atoms with van der Waals surface area (Å²) in [6, 6.07) is 9.88. The molecule has 7 nitrogen and oxygen atoms in total. The van der Waals surface area contributed by atoms with E-state index in [1.54, 1.807) is 11.3 Å². The van der Waals surface area contributed by atoms with Crippen molar-refractivity contribution in [2.75, 3.05) is 6.54 Å². The summed E-state index contributed by atoms with van der Waals surface area (Å²) < 4.78 is 5.58. The van der Waals surface area contributed by atoms with Crippen LogP contribution in [0.1, 0.15) is 24.6 Å². The van der Waals surface area contributed by atoms with Crippen LogP contribution < -0.4 is 5.32 Å². The third-order valence-electron chi connectivity index (χ3n) is 4.15. The average Bonchev–Trinajstić information content (AvgIpc) is 3.43. The fourth-order valence-corrected chi connectivity index (χ4v) is 3.40. The van der Waals surface area contributed by atoms with Crippen LogP contribution in [0.25, 0.3) is 22.5 Å². The minimum absolute atomic E-state index is 0.0186. The van der Waals surface area contributed by atoms with E-state index in [1.165, 1.54) is 0 Å². The highest BCUT2D eigenvalue weighted by Gasteiger charge is 2.10. The van der Waals surface area contributed by atoms with Crippen LogP contribution in [-0.4, -0.2) is 32.6 Å². The first-order valence-corrected chi connectivity index (χ1v) is 9.77. The number of imidazole rings is 1. The number of hydrogen-bond donors (Lipinski definition) is 2. The van der Waals surface area contributed by atoms with Gasteiger partial charge in [-0.25, -0.2) is 4.98 Å². The van der Waals surface area contributed by atoms with Gasteiger partial charge in [-0.15, -0.1) is 10.2 Å². The van der Waals surface area contributed by atoms with E-state index >= 15 is 0 Å². The van der Waals surface area contributed by atoms with Gasteiger partial charge in [0, 0.05) is 36.8 Å². The molecule has 1 amide bonds. The molecule has 0 saturated heterocycles. The monoisotopic (exact) mass is 381 g/mol. The van der Waals surface area contributed by atoms with Crippen molar-refractivity contribution in [3.8, 4) is 11.5 Å². The van der Waals surface area contributed by atoms with Crippen molar-refractivity contribution < 1.29 is 9.21 Å². The molecule has 138 valence electrons. The van der Waals surface area contributed by atoms with Crippen LogP contribution in [0.2, 0.25) is 0 Å². The van der Waals surface area contributed by atoms with Gasteiger partial charge >= 0.3 is 0 Å². The number of benzene rings is 1. The van der Waals surface area contributed by atoms with Crippen molar-refractivity contribution in [1.29, 1.82) is 0 Å². The molecule has 0 bridgehead atoms. The maximum atomic E-state index is 12.0. The van der Waals surface area contributed by atoms with Gasteiger partial charge in [0.05, 0.1) is 11.0 Å². The Labute approximate surface area is 159 Å². The third kappa shape index (κ3) is 4.40. The number of thiophene rings is 1. The predicted octanol–water partition coefficient (Wildman–Crippen LogP) is 3.36. The Bertz CT molecular complexity index is 989. The zero-order valence-electron chi connectivity index (χ0n) is 14.6. The lowest BCUT2D eigenvalue weighted by molar-refractivity contribution is -0.121. The number of nitrogens with zero attached hydrogens (tertiary/aromatic N) is 3. The summed E-state index contributed by atoms with van der Waals surface area (Å²) in [5, 5.41) is 14.8.